The molecule has 2 aromatic heterocycles. The number of carbonyl (C=O) groups is 1. The Morgan fingerprint density at radius 3 is 2.74 bits per heavy atom. The summed E-state index contributed by atoms with van der Waals surface area (Å²) in [4.78, 5) is 18.0. The van der Waals surface area contributed by atoms with Crippen LogP contribution in [0.25, 0.3) is 11.1 Å². The number of piperidine rings is 1. The number of rotatable bonds is 3. The van der Waals surface area contributed by atoms with E-state index in [0.717, 1.165) is 54.2 Å². The largest absolute Gasteiger partial charge is 0.361 e. The van der Waals surface area contributed by atoms with Gasteiger partial charge in [0.1, 0.15) is 5.76 Å². The third-order valence-electron chi connectivity index (χ3n) is 4.54. The van der Waals surface area contributed by atoms with Crippen molar-refractivity contribution in [2.24, 2.45) is 5.73 Å². The van der Waals surface area contributed by atoms with Crippen LogP contribution in [0.2, 0.25) is 0 Å². The molecular formula is C17H22N4O2. The Bertz CT molecular complexity index is 683. The van der Waals surface area contributed by atoms with Crippen LogP contribution in [-0.4, -0.2) is 40.6 Å². The number of nitrogens with zero attached hydrogens (tertiary/aromatic N) is 3. The minimum Gasteiger partial charge on any atom is -0.361 e. The lowest BCUT2D eigenvalue weighted by atomic mass is 9.91. The van der Waals surface area contributed by atoms with E-state index in [1.54, 1.807) is 0 Å². The molecule has 0 radical (unpaired) electrons. The molecule has 1 amide bonds. The van der Waals surface area contributed by atoms with E-state index in [1.807, 2.05) is 31.0 Å². The lowest BCUT2D eigenvalue weighted by molar-refractivity contribution is -0.130. The maximum Gasteiger partial charge on any atom is 0.236 e. The van der Waals surface area contributed by atoms with Gasteiger partial charge in [0.25, 0.3) is 0 Å². The van der Waals surface area contributed by atoms with E-state index in [4.69, 9.17) is 10.3 Å². The number of nitrogens with two attached hydrogens (primary N) is 1. The molecule has 23 heavy (non-hydrogen) atoms. The molecule has 0 atom stereocenters. The molecule has 6 nitrogen and oxygen atoms in total. The van der Waals surface area contributed by atoms with Crippen LogP contribution in [0.15, 0.2) is 22.9 Å². The first-order chi connectivity index (χ1) is 11.1. The molecule has 1 aliphatic rings. The molecule has 0 bridgehead atoms. The molecule has 1 fully saturated rings. The number of likely N-dealkylation sites (tertiary alicyclic amines) is 1. The number of pyridine rings is 1. The molecule has 0 aromatic carbocycles. The van der Waals surface area contributed by atoms with Gasteiger partial charge < -0.3 is 15.2 Å². The monoisotopic (exact) mass is 314 g/mol. The molecule has 1 aliphatic heterocycles. The summed E-state index contributed by atoms with van der Waals surface area (Å²) >= 11 is 0. The van der Waals surface area contributed by atoms with Gasteiger partial charge in [0.05, 0.1) is 12.2 Å². The molecule has 0 spiro atoms. The Hall–Kier alpha value is -2.21. The summed E-state index contributed by atoms with van der Waals surface area (Å²) in [7, 11) is 0. The Balaban J connectivity index is 1.78. The van der Waals surface area contributed by atoms with Crippen LogP contribution in [0, 0.1) is 13.8 Å². The first kappa shape index (κ1) is 15.7. The molecule has 1 saturated heterocycles. The molecule has 6 heteroatoms. The lowest BCUT2D eigenvalue weighted by Crippen LogP contribution is -2.41. The first-order valence-electron chi connectivity index (χ1n) is 7.97. The van der Waals surface area contributed by atoms with Crippen molar-refractivity contribution >= 4 is 5.91 Å². The van der Waals surface area contributed by atoms with Gasteiger partial charge in [-0.25, -0.2) is 0 Å². The summed E-state index contributed by atoms with van der Waals surface area (Å²) < 4.78 is 5.26. The average molecular weight is 314 g/mol. The van der Waals surface area contributed by atoms with Crippen LogP contribution in [-0.2, 0) is 4.79 Å². The minimum absolute atomic E-state index is 0.0286. The van der Waals surface area contributed by atoms with Crippen molar-refractivity contribution in [2.75, 3.05) is 19.6 Å². The zero-order valence-electron chi connectivity index (χ0n) is 13.6. The Kier molecular flexibility index (Phi) is 4.43. The van der Waals surface area contributed by atoms with Gasteiger partial charge in [-0.15, -0.1) is 0 Å². The fraction of sp³-hybridized carbons (Fsp3) is 0.471. The average Bonchev–Trinajstić information content (AvgIpc) is 2.93. The van der Waals surface area contributed by atoms with Crippen molar-refractivity contribution in [1.29, 1.82) is 0 Å². The summed E-state index contributed by atoms with van der Waals surface area (Å²) in [5.74, 6) is 1.22. The summed E-state index contributed by atoms with van der Waals surface area (Å²) in [6.45, 7) is 5.45. The number of carbonyl (C=O) groups excluding carboxylic acids is 1. The van der Waals surface area contributed by atoms with Gasteiger partial charge in [-0.05, 0) is 44.4 Å². The van der Waals surface area contributed by atoms with E-state index in [1.165, 1.54) is 0 Å². The highest BCUT2D eigenvalue weighted by molar-refractivity contribution is 5.78. The van der Waals surface area contributed by atoms with Gasteiger partial charge in [0.15, 0.2) is 0 Å². The topological polar surface area (TPSA) is 85.2 Å². The van der Waals surface area contributed by atoms with E-state index in [0.29, 0.717) is 5.92 Å². The SMILES string of the molecule is Cc1noc(C)c1-c1ccnc(C2CCN(C(=O)CN)CC2)c1. The summed E-state index contributed by atoms with van der Waals surface area (Å²) in [5, 5.41) is 4.02. The predicted octanol–water partition coefficient (Wildman–Crippen LogP) is 2.02. The third-order valence-corrected chi connectivity index (χ3v) is 4.54. The first-order valence-corrected chi connectivity index (χ1v) is 7.97. The van der Waals surface area contributed by atoms with Crippen LogP contribution in [0.3, 0.4) is 0 Å². The van der Waals surface area contributed by atoms with Crippen molar-refractivity contribution < 1.29 is 9.32 Å². The number of hydrogen-bond acceptors (Lipinski definition) is 5. The Morgan fingerprint density at radius 2 is 2.13 bits per heavy atom. The molecule has 0 saturated carbocycles. The second kappa shape index (κ2) is 6.50. The van der Waals surface area contributed by atoms with Gasteiger partial charge in [0.2, 0.25) is 5.91 Å². The van der Waals surface area contributed by atoms with Crippen molar-refractivity contribution in [3.8, 4) is 11.1 Å². The highest BCUT2D eigenvalue weighted by Crippen LogP contribution is 2.31. The molecule has 3 heterocycles. The van der Waals surface area contributed by atoms with E-state index in [-0.39, 0.29) is 12.5 Å². The number of aryl methyl sites for hydroxylation is 2. The maximum atomic E-state index is 11.7. The molecule has 0 unspecified atom stereocenters. The van der Waals surface area contributed by atoms with Crippen LogP contribution < -0.4 is 5.73 Å². The smallest absolute Gasteiger partial charge is 0.236 e. The van der Waals surface area contributed by atoms with E-state index >= 15 is 0 Å². The van der Waals surface area contributed by atoms with Gasteiger partial charge in [-0.2, -0.15) is 0 Å². The second-order valence-electron chi connectivity index (χ2n) is 6.03. The van der Waals surface area contributed by atoms with Gasteiger partial charge in [-0.3, -0.25) is 9.78 Å². The normalized spacial score (nSPS) is 15.9. The molecule has 3 rings (SSSR count). The highest BCUT2D eigenvalue weighted by atomic mass is 16.5. The fourth-order valence-electron chi connectivity index (χ4n) is 3.28. The summed E-state index contributed by atoms with van der Waals surface area (Å²) in [5.41, 5.74) is 9.53. The van der Waals surface area contributed by atoms with E-state index in [9.17, 15) is 4.79 Å². The quantitative estimate of drug-likeness (QED) is 0.936. The van der Waals surface area contributed by atoms with Crippen molar-refractivity contribution in [1.82, 2.24) is 15.0 Å². The Labute approximate surface area is 135 Å². The zero-order valence-corrected chi connectivity index (χ0v) is 13.6. The van der Waals surface area contributed by atoms with Gasteiger partial charge >= 0.3 is 0 Å². The van der Waals surface area contributed by atoms with Gasteiger partial charge in [0, 0.05) is 36.5 Å². The molecule has 0 aliphatic carbocycles. The lowest BCUT2D eigenvalue weighted by Gasteiger charge is -2.31. The Morgan fingerprint density at radius 1 is 1.39 bits per heavy atom. The van der Waals surface area contributed by atoms with E-state index in [2.05, 4.69) is 16.2 Å². The number of amides is 1. The second-order valence-corrected chi connectivity index (χ2v) is 6.03. The maximum absolute atomic E-state index is 11.7. The van der Waals surface area contributed by atoms with Crippen LogP contribution >= 0.6 is 0 Å². The summed E-state index contributed by atoms with van der Waals surface area (Å²) in [6.07, 6.45) is 3.68. The van der Waals surface area contributed by atoms with Crippen molar-refractivity contribution in [3.05, 3.63) is 35.5 Å². The number of hydrogen-bond donors (Lipinski definition) is 1. The van der Waals surface area contributed by atoms with Crippen LogP contribution in [0.4, 0.5) is 0 Å². The van der Waals surface area contributed by atoms with Crippen molar-refractivity contribution in [2.45, 2.75) is 32.6 Å². The summed E-state index contributed by atoms with van der Waals surface area (Å²) in [6, 6.07) is 4.11. The molecule has 2 N–H and O–H groups in total. The van der Waals surface area contributed by atoms with Crippen molar-refractivity contribution in [3.63, 3.8) is 0 Å². The molecule has 2 aromatic rings. The van der Waals surface area contributed by atoms with Gasteiger partial charge in [-0.1, -0.05) is 5.16 Å². The third kappa shape index (κ3) is 3.12. The van der Waals surface area contributed by atoms with Crippen LogP contribution in [0.1, 0.15) is 35.9 Å². The van der Waals surface area contributed by atoms with E-state index < -0.39 is 0 Å². The highest BCUT2D eigenvalue weighted by Gasteiger charge is 2.24. The molecule has 122 valence electrons. The number of aromatic nitrogens is 2. The minimum atomic E-state index is 0.0286. The predicted molar refractivity (Wildman–Crippen MR) is 86.8 cm³/mol. The molecular weight excluding hydrogens is 292 g/mol. The standard InChI is InChI=1S/C17H22N4O2/c1-11-17(12(2)23-20-11)14-3-6-19-15(9-14)13-4-7-21(8-5-13)16(22)10-18/h3,6,9,13H,4-5,7-8,10,18H2,1-2H3. The fourth-order valence-corrected chi connectivity index (χ4v) is 3.28. The van der Waals surface area contributed by atoms with Crippen LogP contribution in [0.5, 0.6) is 0 Å². The zero-order chi connectivity index (χ0) is 16.4.